The van der Waals surface area contributed by atoms with Crippen LogP contribution in [0.25, 0.3) is 10.5 Å². The van der Waals surface area contributed by atoms with Crippen molar-refractivity contribution in [1.82, 2.24) is 30.7 Å². The van der Waals surface area contributed by atoms with E-state index in [9.17, 15) is 42.7 Å². The van der Waals surface area contributed by atoms with Crippen LogP contribution in [0.1, 0.15) is 109 Å². The number of unbranched alkanes of at least 4 members (excludes halogenated alkanes) is 1. The minimum absolute atomic E-state index is 0.0937. The Morgan fingerprint density at radius 2 is 1.82 bits per heavy atom. The monoisotopic (exact) mass is 1060 g/mol. The van der Waals surface area contributed by atoms with Crippen LogP contribution in [0.15, 0.2) is 66.5 Å². The highest BCUT2D eigenvalue weighted by molar-refractivity contribution is 8.09. The van der Waals surface area contributed by atoms with Gasteiger partial charge in [0.1, 0.15) is 29.8 Å². The van der Waals surface area contributed by atoms with Crippen LogP contribution in [-0.4, -0.2) is 118 Å². The lowest BCUT2D eigenvalue weighted by molar-refractivity contribution is -0.147. The lowest BCUT2D eigenvalue weighted by atomic mass is 9.85. The van der Waals surface area contributed by atoms with Crippen molar-refractivity contribution in [3.63, 3.8) is 0 Å². The number of aromatic nitrogens is 1. The molecule has 1 saturated heterocycles. The summed E-state index contributed by atoms with van der Waals surface area (Å²) in [5.74, 6) is -3.84. The summed E-state index contributed by atoms with van der Waals surface area (Å²) in [6.07, 6.45) is 0.850. The van der Waals surface area contributed by atoms with E-state index < -0.39 is 69.6 Å². The number of aliphatic hydroxyl groups excluding tert-OH is 1. The van der Waals surface area contributed by atoms with Crippen LogP contribution in [0.4, 0.5) is 28.9 Å². The second-order valence-electron chi connectivity index (χ2n) is 20.0. The Balaban J connectivity index is 0.951. The van der Waals surface area contributed by atoms with E-state index in [0.717, 1.165) is 58.9 Å². The first-order valence-corrected chi connectivity index (χ1v) is 25.9. The van der Waals surface area contributed by atoms with Crippen molar-refractivity contribution in [3.05, 3.63) is 100 Å². The van der Waals surface area contributed by atoms with Gasteiger partial charge in [-0.1, -0.05) is 69.8 Å². The van der Waals surface area contributed by atoms with Gasteiger partial charge in [-0.15, -0.1) is 0 Å². The molecule has 4 amide bonds. The summed E-state index contributed by atoms with van der Waals surface area (Å²) in [6.45, 7) is 16.5. The molecular weight excluding hydrogens is 999 g/mol. The molecule has 0 saturated carbocycles. The number of nitrogens with zero attached hydrogens (tertiary/aromatic N) is 6. The highest BCUT2D eigenvalue weighted by Crippen LogP contribution is 2.42. The molecule has 0 spiro atoms. The third-order valence-electron chi connectivity index (χ3n) is 13.2. The fourth-order valence-electron chi connectivity index (χ4n) is 9.23. The Morgan fingerprint density at radius 1 is 1.11 bits per heavy atom. The molecule has 0 aliphatic carbocycles. The van der Waals surface area contributed by atoms with Gasteiger partial charge >= 0.3 is 6.18 Å². The molecular formula is C53H65F4N9O6S2. The van der Waals surface area contributed by atoms with Crippen LogP contribution in [-0.2, 0) is 36.6 Å². The van der Waals surface area contributed by atoms with Gasteiger partial charge in [-0.2, -0.15) is 18.4 Å². The normalized spacial score (nSPS) is 17.9. The first kappa shape index (κ1) is 57.4. The van der Waals surface area contributed by atoms with Gasteiger partial charge < -0.3 is 35.6 Å². The van der Waals surface area contributed by atoms with Crippen LogP contribution in [0.3, 0.4) is 0 Å². The van der Waals surface area contributed by atoms with Gasteiger partial charge in [0.2, 0.25) is 17.7 Å². The van der Waals surface area contributed by atoms with Crippen molar-refractivity contribution < 1.29 is 46.6 Å². The average molecular weight is 1060 g/mol. The summed E-state index contributed by atoms with van der Waals surface area (Å²) in [5.41, 5.74) is -0.361. The van der Waals surface area contributed by atoms with Crippen molar-refractivity contribution in [1.29, 1.82) is 5.26 Å². The average Bonchev–Trinajstić information content (AvgIpc) is 3.78. The molecule has 398 valence electrons. The van der Waals surface area contributed by atoms with Gasteiger partial charge in [0.15, 0.2) is 10.9 Å². The van der Waals surface area contributed by atoms with E-state index in [-0.39, 0.29) is 37.3 Å². The fourth-order valence-corrected chi connectivity index (χ4v) is 10.8. The van der Waals surface area contributed by atoms with Gasteiger partial charge in [-0.25, -0.2) is 4.39 Å². The zero-order valence-electron chi connectivity index (χ0n) is 43.0. The van der Waals surface area contributed by atoms with Crippen molar-refractivity contribution in [3.8, 4) is 6.07 Å². The van der Waals surface area contributed by atoms with E-state index in [2.05, 4.69) is 45.8 Å². The Labute approximate surface area is 439 Å². The number of aliphatic hydroxyl groups is 1. The molecule has 2 aromatic carbocycles. The fraction of sp³-hybridized carbons (Fsp3) is 0.491. The van der Waals surface area contributed by atoms with Gasteiger partial charge in [-0.05, 0) is 119 Å². The minimum atomic E-state index is -5.19. The van der Waals surface area contributed by atoms with E-state index in [1.165, 1.54) is 40.8 Å². The van der Waals surface area contributed by atoms with Gasteiger partial charge in [0.05, 0.1) is 46.9 Å². The number of ether oxygens (including phenoxy) is 1. The number of pyridine rings is 1. The number of anilines is 2. The number of hydrogen-bond acceptors (Lipinski definition) is 12. The predicted octanol–water partition coefficient (Wildman–Crippen LogP) is 7.73. The van der Waals surface area contributed by atoms with Crippen molar-refractivity contribution >= 4 is 74.6 Å². The number of hydrogen-bond donors (Lipinski definition) is 4. The molecule has 3 aromatic rings. The third kappa shape index (κ3) is 13.1. The van der Waals surface area contributed by atoms with Gasteiger partial charge in [-0.3, -0.25) is 34.0 Å². The molecule has 6 rings (SSSR count). The first-order chi connectivity index (χ1) is 34.9. The highest BCUT2D eigenvalue weighted by atomic mass is 32.2. The maximum absolute atomic E-state index is 15.5. The molecule has 21 heteroatoms. The number of thioether (sulfide) groups is 1. The van der Waals surface area contributed by atoms with Crippen LogP contribution < -0.4 is 25.8 Å². The van der Waals surface area contributed by atoms with Crippen molar-refractivity contribution in [2.75, 3.05) is 55.8 Å². The van der Waals surface area contributed by atoms with Crippen LogP contribution in [0, 0.1) is 22.6 Å². The number of thiocarbonyl (C=S) groups is 1. The smallest absolute Gasteiger partial charge is 0.395 e. The van der Waals surface area contributed by atoms with Gasteiger partial charge in [0.25, 0.3) is 5.91 Å². The molecule has 0 bridgehead atoms. The molecule has 3 aliphatic heterocycles. The number of carbonyl (C=O) groups excluding carboxylic acids is 4. The number of rotatable bonds is 20. The Bertz CT molecular complexity index is 2690. The van der Waals surface area contributed by atoms with E-state index >= 15 is 4.39 Å². The molecule has 3 atom stereocenters. The largest absolute Gasteiger partial charge is 0.420 e. The SMILES string of the molecule is CC[C@@H](C(=O)NCc1ccc(C2=C(C)NC(C)S2)cc1)N(CCO)C(=O)[C@@H](NC(=O)COCCCCN1CC=C(c2ccc(N3C(=S)N(c4ccc(C#N)c(C(F)(F)F)c4F)C(=O)C3(C)C)cn2)CC1)C(C)(C)C. The van der Waals surface area contributed by atoms with Crippen LogP contribution >= 0.6 is 24.0 Å². The molecule has 1 fully saturated rings. The molecule has 3 aliphatic rings. The lowest BCUT2D eigenvalue weighted by Gasteiger charge is -2.37. The number of allylic oxidation sites excluding steroid dienone is 1. The molecule has 1 unspecified atom stereocenters. The van der Waals surface area contributed by atoms with Crippen LogP contribution in [0.5, 0.6) is 0 Å². The summed E-state index contributed by atoms with van der Waals surface area (Å²) >= 11 is 7.33. The topological polar surface area (TPSA) is 183 Å². The molecule has 1 aromatic heterocycles. The van der Waals surface area contributed by atoms with Crippen molar-refractivity contribution in [2.45, 2.75) is 117 Å². The first-order valence-electron chi connectivity index (χ1n) is 24.6. The minimum Gasteiger partial charge on any atom is -0.395 e. The lowest BCUT2D eigenvalue weighted by Crippen LogP contribution is -2.60. The van der Waals surface area contributed by atoms with E-state index in [1.54, 1.807) is 30.8 Å². The molecule has 15 nitrogen and oxygen atoms in total. The zero-order chi connectivity index (χ0) is 54.3. The zero-order valence-corrected chi connectivity index (χ0v) is 44.6. The molecule has 0 radical (unpaired) electrons. The number of benzene rings is 2. The van der Waals surface area contributed by atoms with E-state index in [1.807, 2.05) is 45.0 Å². The number of alkyl halides is 3. The second kappa shape index (κ2) is 24.2. The number of nitrogens with one attached hydrogen (secondary N) is 3. The quantitative estimate of drug-likeness (QED) is 0.0491. The number of amides is 4. The highest BCUT2D eigenvalue weighted by Gasteiger charge is 2.52. The Hall–Kier alpha value is -5.92. The molecule has 4 heterocycles. The predicted molar refractivity (Wildman–Crippen MR) is 281 cm³/mol. The third-order valence-corrected chi connectivity index (χ3v) is 14.8. The summed E-state index contributed by atoms with van der Waals surface area (Å²) in [7, 11) is 0. The van der Waals surface area contributed by atoms with Gasteiger partial charge in [0, 0.05) is 43.4 Å². The number of carbonyl (C=O) groups is 4. The second-order valence-corrected chi connectivity index (χ2v) is 21.7. The van der Waals surface area contributed by atoms with Crippen LogP contribution in [0.2, 0.25) is 0 Å². The number of nitriles is 1. The summed E-state index contributed by atoms with van der Waals surface area (Å²) in [4.78, 5) is 66.2. The standard InChI is InChI=1S/C53H65F4N9O6S2/c1-9-40(47(69)60-29-34-12-14-36(15-13-34)45-32(2)61-33(3)74-45)64(25-26-67)48(70)46(51(4,5)6)62-42(68)31-72-27-11-10-22-63-23-20-35(21-24-63)39-18-17-38(30-59-39)66-50(73)65(49(71)52(66,7)8)41-19-16-37(28-58)43(44(41)54)53(55,56)57/h12-20,30,33,40,46,61,67H,9-11,21-27,29,31H2,1-8H3,(H,60,69)(H,62,68)/t33?,40-,46+/m0/s1. The van der Waals surface area contributed by atoms with Crippen molar-refractivity contribution in [2.24, 2.45) is 5.41 Å². The summed E-state index contributed by atoms with van der Waals surface area (Å²) in [6, 6.07) is 12.7. The maximum atomic E-state index is 15.5. The Kier molecular flexibility index (Phi) is 18.7. The van der Waals surface area contributed by atoms with E-state index in [4.69, 9.17) is 17.0 Å². The Morgan fingerprint density at radius 3 is 2.39 bits per heavy atom. The maximum Gasteiger partial charge on any atom is 0.420 e. The van der Waals surface area contributed by atoms with E-state index in [0.29, 0.717) is 49.2 Å². The summed E-state index contributed by atoms with van der Waals surface area (Å²) < 4.78 is 62.6. The summed E-state index contributed by atoms with van der Waals surface area (Å²) in [5, 5.41) is 28.5. The molecule has 74 heavy (non-hydrogen) atoms. The molecule has 4 N–H and O–H groups in total. The number of halogens is 4.